The first kappa shape index (κ1) is 17.1. The maximum atomic E-state index is 12.8. The highest BCUT2D eigenvalue weighted by molar-refractivity contribution is 6.30. The lowest BCUT2D eigenvalue weighted by Crippen LogP contribution is -3.13. The van der Waals surface area contributed by atoms with Crippen LogP contribution in [0.5, 0.6) is 0 Å². The second kappa shape index (κ2) is 7.03. The third-order valence-electron chi connectivity index (χ3n) is 4.35. The normalized spacial score (nSPS) is 16.4. The fraction of sp³-hybridized carbons (Fsp3) is 0.333. The van der Waals surface area contributed by atoms with E-state index in [2.05, 4.69) is 6.07 Å². The Bertz CT molecular complexity index is 695. The summed E-state index contributed by atoms with van der Waals surface area (Å²) in [7, 11) is 0. The molecule has 2 aromatic rings. The standard InChI is InChI=1S/C18H18ClF3N2/c19-16-5-1-3-14(11-16)13-23-7-9-24(10-8-23)17-6-2-4-15(12-17)18(20,21)22/h1-6,11-12H,7-10,13H2/p+1. The number of hydrogen-bond acceptors (Lipinski definition) is 1. The van der Waals surface area contributed by atoms with Crippen molar-refractivity contribution in [2.45, 2.75) is 12.7 Å². The number of nitrogens with zero attached hydrogens (tertiary/aromatic N) is 1. The van der Waals surface area contributed by atoms with Gasteiger partial charge in [-0.15, -0.1) is 0 Å². The predicted octanol–water partition coefficient (Wildman–Crippen LogP) is 3.26. The van der Waals surface area contributed by atoms with Crippen LogP contribution in [0.15, 0.2) is 48.5 Å². The molecule has 0 bridgehead atoms. The van der Waals surface area contributed by atoms with Crippen molar-refractivity contribution < 1.29 is 18.1 Å². The first-order valence-corrected chi connectivity index (χ1v) is 8.30. The Morgan fingerprint density at radius 3 is 2.38 bits per heavy atom. The van der Waals surface area contributed by atoms with Crippen LogP contribution in [-0.2, 0) is 12.7 Å². The molecule has 3 rings (SSSR count). The summed E-state index contributed by atoms with van der Waals surface area (Å²) in [6.07, 6.45) is -4.30. The summed E-state index contributed by atoms with van der Waals surface area (Å²) in [6, 6.07) is 13.4. The number of benzene rings is 2. The van der Waals surface area contributed by atoms with Gasteiger partial charge in [0.2, 0.25) is 0 Å². The molecule has 0 radical (unpaired) electrons. The minimum atomic E-state index is -4.30. The van der Waals surface area contributed by atoms with Gasteiger partial charge in [0.25, 0.3) is 0 Å². The van der Waals surface area contributed by atoms with Crippen LogP contribution >= 0.6 is 11.6 Å². The highest BCUT2D eigenvalue weighted by Crippen LogP contribution is 2.31. The van der Waals surface area contributed by atoms with E-state index in [9.17, 15) is 13.2 Å². The Morgan fingerprint density at radius 2 is 1.71 bits per heavy atom. The van der Waals surface area contributed by atoms with E-state index in [0.717, 1.165) is 43.8 Å². The van der Waals surface area contributed by atoms with Crippen molar-refractivity contribution in [3.63, 3.8) is 0 Å². The van der Waals surface area contributed by atoms with Crippen molar-refractivity contribution >= 4 is 17.3 Å². The molecular formula is C18H19ClF3N2+. The van der Waals surface area contributed by atoms with Gasteiger partial charge in [0, 0.05) is 16.3 Å². The molecule has 24 heavy (non-hydrogen) atoms. The summed E-state index contributed by atoms with van der Waals surface area (Å²) in [5.41, 5.74) is 1.24. The average Bonchev–Trinajstić information content (AvgIpc) is 2.55. The molecule has 0 aliphatic carbocycles. The summed E-state index contributed by atoms with van der Waals surface area (Å²) in [4.78, 5) is 3.44. The Morgan fingerprint density at radius 1 is 1.00 bits per heavy atom. The zero-order chi connectivity index (χ0) is 17.2. The lowest BCUT2D eigenvalue weighted by atomic mass is 10.1. The van der Waals surface area contributed by atoms with Crippen molar-refractivity contribution in [1.82, 2.24) is 0 Å². The Kier molecular flexibility index (Phi) is 5.01. The van der Waals surface area contributed by atoms with Gasteiger partial charge in [0.05, 0.1) is 31.7 Å². The van der Waals surface area contributed by atoms with Crippen LogP contribution in [0, 0.1) is 0 Å². The number of nitrogens with one attached hydrogen (secondary N) is 1. The monoisotopic (exact) mass is 355 g/mol. The van der Waals surface area contributed by atoms with Crippen LogP contribution in [-0.4, -0.2) is 26.2 Å². The summed E-state index contributed by atoms with van der Waals surface area (Å²) in [5.74, 6) is 0. The largest absolute Gasteiger partial charge is 0.416 e. The van der Waals surface area contributed by atoms with Crippen molar-refractivity contribution in [2.24, 2.45) is 0 Å². The molecule has 0 unspecified atom stereocenters. The summed E-state index contributed by atoms with van der Waals surface area (Å²) < 4.78 is 38.5. The van der Waals surface area contributed by atoms with Crippen molar-refractivity contribution in [1.29, 1.82) is 0 Å². The van der Waals surface area contributed by atoms with Gasteiger partial charge in [-0.25, -0.2) is 0 Å². The third-order valence-corrected chi connectivity index (χ3v) is 4.59. The van der Waals surface area contributed by atoms with Crippen LogP contribution in [0.3, 0.4) is 0 Å². The van der Waals surface area contributed by atoms with Gasteiger partial charge < -0.3 is 9.80 Å². The van der Waals surface area contributed by atoms with Gasteiger partial charge in [-0.05, 0) is 30.3 Å². The lowest BCUT2D eigenvalue weighted by Gasteiger charge is -2.34. The Hall–Kier alpha value is -1.72. The van der Waals surface area contributed by atoms with E-state index >= 15 is 0 Å². The molecule has 0 aromatic heterocycles. The number of alkyl halides is 3. The molecule has 6 heteroatoms. The van der Waals surface area contributed by atoms with Gasteiger partial charge >= 0.3 is 6.18 Å². The molecule has 1 N–H and O–H groups in total. The Balaban J connectivity index is 1.61. The molecule has 1 aliphatic rings. The molecule has 0 spiro atoms. The van der Waals surface area contributed by atoms with Crippen LogP contribution in [0.4, 0.5) is 18.9 Å². The summed E-state index contributed by atoms with van der Waals surface area (Å²) >= 11 is 6.01. The molecule has 1 fully saturated rings. The topological polar surface area (TPSA) is 7.68 Å². The van der Waals surface area contributed by atoms with Crippen LogP contribution in [0.25, 0.3) is 0 Å². The number of hydrogen-bond donors (Lipinski definition) is 1. The zero-order valence-corrected chi connectivity index (χ0v) is 13.9. The van der Waals surface area contributed by atoms with Crippen molar-refractivity contribution in [3.8, 4) is 0 Å². The molecule has 2 nitrogen and oxygen atoms in total. The average molecular weight is 356 g/mol. The van der Waals surface area contributed by atoms with Gasteiger partial charge in [-0.3, -0.25) is 0 Å². The van der Waals surface area contributed by atoms with E-state index in [1.165, 1.54) is 22.6 Å². The third kappa shape index (κ3) is 4.22. The molecular weight excluding hydrogens is 337 g/mol. The van der Waals surface area contributed by atoms with Gasteiger partial charge in [0.1, 0.15) is 6.54 Å². The maximum absolute atomic E-state index is 12.8. The number of rotatable bonds is 3. The second-order valence-electron chi connectivity index (χ2n) is 6.09. The smallest absolute Gasteiger partial charge is 0.360 e. The number of halogens is 4. The fourth-order valence-electron chi connectivity index (χ4n) is 3.07. The van der Waals surface area contributed by atoms with Gasteiger partial charge in [0.15, 0.2) is 0 Å². The van der Waals surface area contributed by atoms with E-state index in [1.54, 1.807) is 6.07 Å². The van der Waals surface area contributed by atoms with Gasteiger partial charge in [-0.2, -0.15) is 13.2 Å². The van der Waals surface area contributed by atoms with Crippen molar-refractivity contribution in [3.05, 3.63) is 64.7 Å². The minimum Gasteiger partial charge on any atom is -0.360 e. The number of quaternary nitrogens is 1. The summed E-state index contributed by atoms with van der Waals surface area (Å²) in [6.45, 7) is 4.16. The Labute approximate surface area is 144 Å². The maximum Gasteiger partial charge on any atom is 0.416 e. The quantitative estimate of drug-likeness (QED) is 0.888. The highest BCUT2D eigenvalue weighted by Gasteiger charge is 2.31. The first-order valence-electron chi connectivity index (χ1n) is 7.92. The van der Waals surface area contributed by atoms with E-state index < -0.39 is 11.7 Å². The molecule has 128 valence electrons. The van der Waals surface area contributed by atoms with E-state index in [0.29, 0.717) is 5.69 Å². The van der Waals surface area contributed by atoms with Crippen LogP contribution in [0.1, 0.15) is 11.1 Å². The van der Waals surface area contributed by atoms with Crippen molar-refractivity contribution in [2.75, 3.05) is 31.1 Å². The zero-order valence-electron chi connectivity index (χ0n) is 13.1. The van der Waals surface area contributed by atoms with E-state index in [4.69, 9.17) is 11.6 Å². The van der Waals surface area contributed by atoms with E-state index in [-0.39, 0.29) is 0 Å². The number of anilines is 1. The van der Waals surface area contributed by atoms with Crippen LogP contribution in [0.2, 0.25) is 5.02 Å². The predicted molar refractivity (Wildman–Crippen MR) is 89.5 cm³/mol. The van der Waals surface area contributed by atoms with Gasteiger partial charge in [-0.1, -0.05) is 29.8 Å². The molecule has 0 atom stereocenters. The molecule has 1 aliphatic heterocycles. The molecule has 0 saturated carbocycles. The first-order chi connectivity index (χ1) is 11.4. The fourth-order valence-corrected chi connectivity index (χ4v) is 3.29. The number of piperazine rings is 1. The van der Waals surface area contributed by atoms with Crippen LogP contribution < -0.4 is 9.80 Å². The second-order valence-corrected chi connectivity index (χ2v) is 6.53. The molecule has 2 aromatic carbocycles. The van der Waals surface area contributed by atoms with E-state index in [1.807, 2.05) is 23.1 Å². The lowest BCUT2D eigenvalue weighted by molar-refractivity contribution is -0.914. The molecule has 0 amide bonds. The molecule has 1 heterocycles. The molecule has 1 saturated heterocycles. The SMILES string of the molecule is FC(F)(F)c1cccc(N2CC[NH+](Cc3cccc(Cl)c3)CC2)c1. The summed E-state index contributed by atoms with van der Waals surface area (Å²) in [5, 5.41) is 0.731. The highest BCUT2D eigenvalue weighted by atomic mass is 35.5. The minimum absolute atomic E-state index is 0.589.